The molecule has 0 aliphatic rings. The molecule has 2 N–H and O–H groups in total. The maximum atomic E-state index is 12.4. The topological polar surface area (TPSA) is 76.1 Å². The summed E-state index contributed by atoms with van der Waals surface area (Å²) in [6, 6.07) is 16.8. The Morgan fingerprint density at radius 3 is 2.77 bits per heavy atom. The molecule has 1 amide bonds. The quantitative estimate of drug-likeness (QED) is 0.711. The number of nitrogens with zero attached hydrogens (tertiary/aromatic N) is 2. The van der Waals surface area contributed by atoms with Crippen molar-refractivity contribution >= 4 is 17.5 Å². The average Bonchev–Trinajstić information content (AvgIpc) is 2.68. The van der Waals surface area contributed by atoms with E-state index in [0.29, 0.717) is 23.9 Å². The summed E-state index contributed by atoms with van der Waals surface area (Å²) in [6.07, 6.45) is 1.56. The first kappa shape index (κ1) is 17.4. The van der Waals surface area contributed by atoms with Crippen molar-refractivity contribution in [1.82, 2.24) is 9.97 Å². The van der Waals surface area contributed by atoms with Gasteiger partial charge in [0.25, 0.3) is 5.91 Å². The smallest absolute Gasteiger partial charge is 0.274 e. The highest BCUT2D eigenvalue weighted by Crippen LogP contribution is 2.17. The lowest BCUT2D eigenvalue weighted by atomic mass is 10.1. The van der Waals surface area contributed by atoms with Crippen LogP contribution >= 0.6 is 0 Å². The lowest BCUT2D eigenvalue weighted by molar-refractivity contribution is 0.102. The fourth-order valence-corrected chi connectivity index (χ4v) is 2.45. The van der Waals surface area contributed by atoms with Crippen LogP contribution in [0.5, 0.6) is 5.75 Å². The molecule has 1 aromatic heterocycles. The number of carbonyl (C=O) groups excluding carboxylic acids is 1. The molecule has 2 aromatic carbocycles. The van der Waals surface area contributed by atoms with Gasteiger partial charge in [0.15, 0.2) is 0 Å². The first-order chi connectivity index (χ1) is 12.7. The van der Waals surface area contributed by atoms with Crippen molar-refractivity contribution < 1.29 is 9.53 Å². The van der Waals surface area contributed by atoms with Gasteiger partial charge < -0.3 is 15.4 Å². The highest BCUT2D eigenvalue weighted by Gasteiger charge is 2.10. The zero-order chi connectivity index (χ0) is 18.4. The predicted molar refractivity (Wildman–Crippen MR) is 101 cm³/mol. The third-order valence-corrected chi connectivity index (χ3v) is 3.91. The molecule has 132 valence electrons. The highest BCUT2D eigenvalue weighted by atomic mass is 16.5. The van der Waals surface area contributed by atoms with Crippen LogP contribution in [0.4, 0.5) is 11.6 Å². The monoisotopic (exact) mass is 348 g/mol. The number of hydrogen-bond acceptors (Lipinski definition) is 5. The molecule has 0 aliphatic carbocycles. The number of carbonyl (C=O) groups is 1. The van der Waals surface area contributed by atoms with Crippen LogP contribution in [0.15, 0.2) is 60.8 Å². The number of benzene rings is 2. The fourth-order valence-electron chi connectivity index (χ4n) is 2.45. The van der Waals surface area contributed by atoms with Gasteiger partial charge >= 0.3 is 0 Å². The van der Waals surface area contributed by atoms with Crippen LogP contribution in [0.25, 0.3) is 0 Å². The third kappa shape index (κ3) is 4.36. The van der Waals surface area contributed by atoms with E-state index in [4.69, 9.17) is 4.74 Å². The van der Waals surface area contributed by atoms with E-state index in [9.17, 15) is 4.79 Å². The van der Waals surface area contributed by atoms with Gasteiger partial charge in [-0.2, -0.15) is 0 Å². The Hall–Kier alpha value is -3.41. The van der Waals surface area contributed by atoms with Crippen LogP contribution < -0.4 is 15.4 Å². The van der Waals surface area contributed by atoms with E-state index >= 15 is 0 Å². The summed E-state index contributed by atoms with van der Waals surface area (Å²) in [7, 11) is 1.58. The molecule has 6 nitrogen and oxygen atoms in total. The number of aryl methyl sites for hydroxylation is 1. The number of methoxy groups -OCH3 is 1. The first-order valence-corrected chi connectivity index (χ1v) is 8.22. The van der Waals surface area contributed by atoms with E-state index < -0.39 is 0 Å². The third-order valence-electron chi connectivity index (χ3n) is 3.91. The number of hydrogen-bond donors (Lipinski definition) is 2. The molecule has 6 heteroatoms. The normalized spacial score (nSPS) is 10.2. The zero-order valence-electron chi connectivity index (χ0n) is 14.7. The minimum Gasteiger partial charge on any atom is -0.497 e. The molecule has 0 unspecified atom stereocenters. The lowest BCUT2D eigenvalue weighted by Crippen LogP contribution is -2.15. The van der Waals surface area contributed by atoms with Crippen LogP contribution in [-0.4, -0.2) is 23.0 Å². The second-order valence-electron chi connectivity index (χ2n) is 5.73. The van der Waals surface area contributed by atoms with Gasteiger partial charge in [-0.05, 0) is 36.2 Å². The van der Waals surface area contributed by atoms with Gasteiger partial charge in [-0.1, -0.05) is 30.3 Å². The molecule has 3 rings (SSSR count). The van der Waals surface area contributed by atoms with Gasteiger partial charge in [-0.3, -0.25) is 4.79 Å². The molecule has 0 bridgehead atoms. The largest absolute Gasteiger partial charge is 0.497 e. The Bertz CT molecular complexity index is 912. The number of amides is 1. The van der Waals surface area contributed by atoms with Crippen molar-refractivity contribution in [3.63, 3.8) is 0 Å². The Balaban J connectivity index is 1.68. The summed E-state index contributed by atoms with van der Waals surface area (Å²) < 4.78 is 5.16. The molecule has 0 saturated heterocycles. The standard InChI is InChI=1S/C20H20N4O2/c1-14-6-3-4-7-15(14)13-22-20-21-11-10-18(24-20)19(25)23-16-8-5-9-17(12-16)26-2/h3-12H,13H2,1-2H3,(H,23,25)(H,21,22,24). The summed E-state index contributed by atoms with van der Waals surface area (Å²) in [6.45, 7) is 2.64. The molecule has 0 saturated carbocycles. The second kappa shape index (κ2) is 8.11. The molecule has 3 aromatic rings. The van der Waals surface area contributed by atoms with Crippen LogP contribution in [-0.2, 0) is 6.54 Å². The minimum absolute atomic E-state index is 0.287. The van der Waals surface area contributed by atoms with Crippen LogP contribution in [0, 0.1) is 6.92 Å². The Morgan fingerprint density at radius 1 is 1.12 bits per heavy atom. The van der Waals surface area contributed by atoms with Crippen LogP contribution in [0.1, 0.15) is 21.6 Å². The number of anilines is 2. The van der Waals surface area contributed by atoms with Crippen molar-refractivity contribution in [3.05, 3.63) is 77.6 Å². The van der Waals surface area contributed by atoms with Crippen molar-refractivity contribution in [1.29, 1.82) is 0 Å². The Labute approximate surface area is 152 Å². The number of nitrogens with one attached hydrogen (secondary N) is 2. The highest BCUT2D eigenvalue weighted by molar-refractivity contribution is 6.03. The average molecular weight is 348 g/mol. The number of ether oxygens (including phenoxy) is 1. The second-order valence-corrected chi connectivity index (χ2v) is 5.73. The molecule has 0 fully saturated rings. The predicted octanol–water partition coefficient (Wildman–Crippen LogP) is 3.66. The zero-order valence-corrected chi connectivity index (χ0v) is 14.7. The summed E-state index contributed by atoms with van der Waals surface area (Å²) in [5, 5.41) is 5.96. The van der Waals surface area contributed by atoms with E-state index in [1.54, 1.807) is 31.5 Å². The van der Waals surface area contributed by atoms with Crippen molar-refractivity contribution in [2.75, 3.05) is 17.7 Å². The molecule has 0 radical (unpaired) electrons. The van der Waals surface area contributed by atoms with Gasteiger partial charge in [-0.15, -0.1) is 0 Å². The van der Waals surface area contributed by atoms with Gasteiger partial charge in [0.2, 0.25) is 5.95 Å². The molecular weight excluding hydrogens is 328 g/mol. The molecule has 0 atom stereocenters. The fraction of sp³-hybridized carbons (Fsp3) is 0.150. The Kier molecular flexibility index (Phi) is 5.43. The summed E-state index contributed by atoms with van der Waals surface area (Å²) >= 11 is 0. The van der Waals surface area contributed by atoms with E-state index in [-0.39, 0.29) is 11.6 Å². The van der Waals surface area contributed by atoms with Gasteiger partial charge in [0.1, 0.15) is 11.4 Å². The maximum absolute atomic E-state index is 12.4. The van der Waals surface area contributed by atoms with Gasteiger partial charge in [0, 0.05) is 24.5 Å². The maximum Gasteiger partial charge on any atom is 0.274 e. The number of aromatic nitrogens is 2. The van der Waals surface area contributed by atoms with Crippen LogP contribution in [0.3, 0.4) is 0 Å². The summed E-state index contributed by atoms with van der Waals surface area (Å²) in [4.78, 5) is 20.9. The first-order valence-electron chi connectivity index (χ1n) is 8.22. The van der Waals surface area contributed by atoms with Gasteiger partial charge in [-0.25, -0.2) is 9.97 Å². The van der Waals surface area contributed by atoms with Gasteiger partial charge in [0.05, 0.1) is 7.11 Å². The Morgan fingerprint density at radius 2 is 1.96 bits per heavy atom. The summed E-state index contributed by atoms with van der Waals surface area (Å²) in [5.41, 5.74) is 3.27. The lowest BCUT2D eigenvalue weighted by Gasteiger charge is -2.09. The van der Waals surface area contributed by atoms with E-state index in [1.807, 2.05) is 30.3 Å². The van der Waals surface area contributed by atoms with Crippen molar-refractivity contribution in [3.8, 4) is 5.75 Å². The molecule has 0 aliphatic heterocycles. The van der Waals surface area contributed by atoms with E-state index in [2.05, 4.69) is 33.6 Å². The summed E-state index contributed by atoms with van der Waals surface area (Å²) in [5.74, 6) is 0.775. The molecule has 26 heavy (non-hydrogen) atoms. The van der Waals surface area contributed by atoms with Crippen molar-refractivity contribution in [2.24, 2.45) is 0 Å². The minimum atomic E-state index is -0.306. The number of rotatable bonds is 6. The van der Waals surface area contributed by atoms with Crippen molar-refractivity contribution in [2.45, 2.75) is 13.5 Å². The molecular formula is C20H20N4O2. The SMILES string of the molecule is COc1cccc(NC(=O)c2ccnc(NCc3ccccc3C)n2)c1. The molecule has 0 spiro atoms. The van der Waals surface area contributed by atoms with E-state index in [1.165, 1.54) is 5.56 Å². The van der Waals surface area contributed by atoms with Crippen LogP contribution in [0.2, 0.25) is 0 Å². The van der Waals surface area contributed by atoms with E-state index in [0.717, 1.165) is 5.56 Å². The molecule has 1 heterocycles.